The molecule has 1 aromatic carbocycles. The average molecular weight is 255 g/mol. The number of rotatable bonds is 3. The van der Waals surface area contributed by atoms with Gasteiger partial charge in [-0.2, -0.15) is 0 Å². The molecule has 0 aromatic heterocycles. The lowest BCUT2D eigenvalue weighted by Crippen LogP contribution is -2.44. The summed E-state index contributed by atoms with van der Waals surface area (Å²) in [4.78, 5) is 2.31. The molecule has 2 rings (SSSR count). The quantitative estimate of drug-likeness (QED) is 0.835. The van der Waals surface area contributed by atoms with Crippen molar-refractivity contribution in [1.82, 2.24) is 10.2 Å². The third kappa shape index (κ3) is 2.86. The lowest BCUT2D eigenvalue weighted by Gasteiger charge is -2.33. The fourth-order valence-corrected chi connectivity index (χ4v) is 2.34. The molecule has 1 fully saturated rings. The number of hydrogen-bond acceptors (Lipinski definition) is 2. The lowest BCUT2D eigenvalue weighted by molar-refractivity contribution is 0.203. The summed E-state index contributed by atoms with van der Waals surface area (Å²) in [6.07, 6.45) is 1.88. The van der Waals surface area contributed by atoms with Gasteiger partial charge in [-0.1, -0.05) is 23.7 Å². The molecular formula is C13H16ClFN2. The first-order chi connectivity index (χ1) is 8.22. The van der Waals surface area contributed by atoms with Gasteiger partial charge in [0.1, 0.15) is 5.82 Å². The van der Waals surface area contributed by atoms with Crippen LogP contribution in [0.15, 0.2) is 30.9 Å². The van der Waals surface area contributed by atoms with Gasteiger partial charge in [-0.15, -0.1) is 6.58 Å². The second kappa shape index (κ2) is 5.63. The van der Waals surface area contributed by atoms with Crippen LogP contribution in [0.2, 0.25) is 5.02 Å². The zero-order valence-corrected chi connectivity index (χ0v) is 10.4. The van der Waals surface area contributed by atoms with Gasteiger partial charge >= 0.3 is 0 Å². The van der Waals surface area contributed by atoms with Crippen molar-refractivity contribution in [2.24, 2.45) is 0 Å². The molecule has 0 saturated carbocycles. The third-order valence-corrected chi connectivity index (χ3v) is 3.34. The molecule has 0 spiro atoms. The Morgan fingerprint density at radius 1 is 1.41 bits per heavy atom. The largest absolute Gasteiger partial charge is 0.314 e. The minimum Gasteiger partial charge on any atom is -0.314 e. The fraction of sp³-hybridized carbons (Fsp3) is 0.385. The Morgan fingerprint density at radius 2 is 2.12 bits per heavy atom. The van der Waals surface area contributed by atoms with E-state index >= 15 is 0 Å². The molecule has 1 heterocycles. The molecule has 0 aliphatic carbocycles. The van der Waals surface area contributed by atoms with Crippen molar-refractivity contribution in [2.75, 3.05) is 26.2 Å². The van der Waals surface area contributed by atoms with E-state index in [1.54, 1.807) is 12.1 Å². The van der Waals surface area contributed by atoms with Gasteiger partial charge in [-0.05, 0) is 17.7 Å². The first-order valence-corrected chi connectivity index (χ1v) is 6.12. The average Bonchev–Trinajstić information content (AvgIpc) is 2.36. The Labute approximate surface area is 106 Å². The molecule has 1 aliphatic rings. The molecule has 1 saturated heterocycles. The van der Waals surface area contributed by atoms with Gasteiger partial charge in [0.15, 0.2) is 0 Å². The topological polar surface area (TPSA) is 15.3 Å². The highest BCUT2D eigenvalue weighted by molar-refractivity contribution is 6.30. The summed E-state index contributed by atoms with van der Waals surface area (Å²) in [5.74, 6) is -0.376. The van der Waals surface area contributed by atoms with Crippen LogP contribution < -0.4 is 5.32 Å². The van der Waals surface area contributed by atoms with Crippen LogP contribution in [-0.4, -0.2) is 31.1 Å². The highest BCUT2D eigenvalue weighted by atomic mass is 35.5. The van der Waals surface area contributed by atoms with Crippen LogP contribution in [0.25, 0.3) is 0 Å². The van der Waals surface area contributed by atoms with Gasteiger partial charge < -0.3 is 5.32 Å². The number of halogens is 2. The highest BCUT2D eigenvalue weighted by Gasteiger charge is 2.19. The summed E-state index contributed by atoms with van der Waals surface area (Å²) < 4.78 is 13.1. The van der Waals surface area contributed by atoms with Gasteiger partial charge in [-0.3, -0.25) is 4.90 Å². The van der Waals surface area contributed by atoms with Gasteiger partial charge in [-0.25, -0.2) is 4.39 Å². The standard InChI is InChI=1S/C13H16ClFN2/c1-2-13(17-7-5-16-6-8-17)10-3-4-12(15)11(14)9-10/h2-4,9,13,16H,1,5-8H2/t13-/m0/s1. The van der Waals surface area contributed by atoms with E-state index in [1.807, 2.05) is 6.08 Å². The van der Waals surface area contributed by atoms with Crippen LogP contribution in [0.5, 0.6) is 0 Å². The van der Waals surface area contributed by atoms with Gasteiger partial charge in [0.2, 0.25) is 0 Å². The smallest absolute Gasteiger partial charge is 0.141 e. The number of piperazine rings is 1. The molecule has 17 heavy (non-hydrogen) atoms. The molecule has 92 valence electrons. The Kier molecular flexibility index (Phi) is 4.15. The Hall–Kier alpha value is -0.900. The summed E-state index contributed by atoms with van der Waals surface area (Å²) in [5.41, 5.74) is 0.994. The second-order valence-electron chi connectivity index (χ2n) is 4.14. The summed E-state index contributed by atoms with van der Waals surface area (Å²) in [7, 11) is 0. The number of hydrogen-bond donors (Lipinski definition) is 1. The number of nitrogens with one attached hydrogen (secondary N) is 1. The van der Waals surface area contributed by atoms with Crippen molar-refractivity contribution in [3.63, 3.8) is 0 Å². The van der Waals surface area contributed by atoms with Crippen LogP contribution >= 0.6 is 11.6 Å². The van der Waals surface area contributed by atoms with Crippen molar-refractivity contribution in [1.29, 1.82) is 0 Å². The SMILES string of the molecule is C=C[C@@H](c1ccc(F)c(Cl)c1)N1CCNCC1. The molecule has 2 nitrogen and oxygen atoms in total. The van der Waals surface area contributed by atoms with Crippen molar-refractivity contribution < 1.29 is 4.39 Å². The maximum absolute atomic E-state index is 13.1. The molecule has 1 N–H and O–H groups in total. The monoisotopic (exact) mass is 254 g/mol. The van der Waals surface area contributed by atoms with E-state index in [2.05, 4.69) is 16.8 Å². The zero-order chi connectivity index (χ0) is 12.3. The molecule has 0 bridgehead atoms. The summed E-state index contributed by atoms with van der Waals surface area (Å²) in [6, 6.07) is 4.98. The first kappa shape index (κ1) is 12.6. The van der Waals surface area contributed by atoms with E-state index in [-0.39, 0.29) is 16.9 Å². The van der Waals surface area contributed by atoms with Crippen LogP contribution in [0.4, 0.5) is 4.39 Å². The van der Waals surface area contributed by atoms with Crippen molar-refractivity contribution in [3.8, 4) is 0 Å². The van der Waals surface area contributed by atoms with E-state index in [0.29, 0.717) is 0 Å². The molecule has 4 heteroatoms. The van der Waals surface area contributed by atoms with E-state index in [4.69, 9.17) is 11.6 Å². The molecule has 0 radical (unpaired) electrons. The third-order valence-electron chi connectivity index (χ3n) is 3.05. The second-order valence-corrected chi connectivity index (χ2v) is 4.55. The van der Waals surface area contributed by atoms with Crippen molar-refractivity contribution >= 4 is 11.6 Å². The minimum atomic E-state index is -0.376. The normalized spacial score (nSPS) is 18.9. The van der Waals surface area contributed by atoms with E-state index in [1.165, 1.54) is 6.07 Å². The van der Waals surface area contributed by atoms with Crippen LogP contribution in [0, 0.1) is 5.82 Å². The molecular weight excluding hydrogens is 239 g/mol. The lowest BCUT2D eigenvalue weighted by atomic mass is 10.0. The predicted octanol–water partition coefficient (Wildman–Crippen LogP) is 2.61. The Balaban J connectivity index is 2.21. The number of nitrogens with zero attached hydrogens (tertiary/aromatic N) is 1. The van der Waals surface area contributed by atoms with Crippen LogP contribution in [0.3, 0.4) is 0 Å². The Morgan fingerprint density at radius 3 is 2.71 bits per heavy atom. The first-order valence-electron chi connectivity index (χ1n) is 5.74. The number of benzene rings is 1. The summed E-state index contributed by atoms with van der Waals surface area (Å²) in [6.45, 7) is 7.74. The van der Waals surface area contributed by atoms with Gasteiger partial charge in [0.05, 0.1) is 11.1 Å². The highest BCUT2D eigenvalue weighted by Crippen LogP contribution is 2.26. The van der Waals surface area contributed by atoms with E-state index in [0.717, 1.165) is 31.7 Å². The van der Waals surface area contributed by atoms with Crippen molar-refractivity contribution in [2.45, 2.75) is 6.04 Å². The minimum absolute atomic E-state index is 0.107. The molecule has 0 amide bonds. The van der Waals surface area contributed by atoms with Crippen LogP contribution in [0.1, 0.15) is 11.6 Å². The molecule has 0 unspecified atom stereocenters. The van der Waals surface area contributed by atoms with Gasteiger partial charge in [0.25, 0.3) is 0 Å². The summed E-state index contributed by atoms with van der Waals surface area (Å²) in [5, 5.41) is 3.47. The molecule has 1 aromatic rings. The summed E-state index contributed by atoms with van der Waals surface area (Å²) >= 11 is 5.81. The van der Waals surface area contributed by atoms with E-state index in [9.17, 15) is 4.39 Å². The van der Waals surface area contributed by atoms with Crippen molar-refractivity contribution in [3.05, 3.63) is 47.3 Å². The van der Waals surface area contributed by atoms with Gasteiger partial charge in [0, 0.05) is 26.2 Å². The maximum atomic E-state index is 13.1. The molecule has 1 atom stereocenters. The molecule has 1 aliphatic heterocycles. The van der Waals surface area contributed by atoms with E-state index < -0.39 is 0 Å². The predicted molar refractivity (Wildman–Crippen MR) is 68.8 cm³/mol. The zero-order valence-electron chi connectivity index (χ0n) is 9.63. The fourth-order valence-electron chi connectivity index (χ4n) is 2.15. The maximum Gasteiger partial charge on any atom is 0.141 e. The Bertz CT molecular complexity index is 402. The van der Waals surface area contributed by atoms with Crippen LogP contribution in [-0.2, 0) is 0 Å².